The van der Waals surface area contributed by atoms with Crippen LogP contribution < -0.4 is 5.32 Å². The Kier molecular flexibility index (Phi) is 6.87. The average molecular weight is 410 g/mol. The second kappa shape index (κ2) is 8.91. The fourth-order valence-electron chi connectivity index (χ4n) is 2.22. The van der Waals surface area contributed by atoms with Crippen LogP contribution >= 0.6 is 34.8 Å². The van der Waals surface area contributed by atoms with Gasteiger partial charge in [-0.15, -0.1) is 6.58 Å². The third kappa shape index (κ3) is 4.47. The number of nitrogens with one attached hydrogen (secondary N) is 1. The van der Waals surface area contributed by atoms with Gasteiger partial charge in [0.1, 0.15) is 16.8 Å². The monoisotopic (exact) mass is 408 g/mol. The number of carbonyl (C=O) groups is 1. The number of hydrogen-bond acceptors (Lipinski definition) is 3. The number of halogens is 3. The minimum atomic E-state index is -0.509. The van der Waals surface area contributed by atoms with Crippen LogP contribution in [0, 0.1) is 18.3 Å². The molecule has 0 aliphatic rings. The molecule has 0 fully saturated rings. The van der Waals surface area contributed by atoms with E-state index in [1.807, 2.05) is 6.07 Å². The first-order chi connectivity index (χ1) is 12.4. The van der Waals surface area contributed by atoms with Gasteiger partial charge in [0, 0.05) is 27.7 Å². The van der Waals surface area contributed by atoms with Crippen molar-refractivity contribution < 1.29 is 4.79 Å². The number of hydrogen-bond donors (Lipinski definition) is 1. The maximum atomic E-state index is 12.0. The summed E-state index contributed by atoms with van der Waals surface area (Å²) in [6, 6.07) is 7.07. The third-order valence-corrected chi connectivity index (χ3v) is 4.65. The molecular formula is C18H15Cl3N4O. The van der Waals surface area contributed by atoms with E-state index in [4.69, 9.17) is 34.8 Å². The van der Waals surface area contributed by atoms with Crippen LogP contribution in [0.4, 0.5) is 0 Å². The maximum absolute atomic E-state index is 12.0. The molecule has 5 nitrogen and oxygen atoms in total. The lowest BCUT2D eigenvalue weighted by atomic mass is 10.1. The fraction of sp³-hybridized carbons (Fsp3) is 0.167. The summed E-state index contributed by atoms with van der Waals surface area (Å²) >= 11 is 18.8. The van der Waals surface area contributed by atoms with Crippen LogP contribution in [0.25, 0.3) is 6.08 Å². The van der Waals surface area contributed by atoms with E-state index in [1.165, 1.54) is 16.8 Å². The number of aromatic nitrogens is 2. The molecule has 0 saturated carbocycles. The SMILES string of the molecule is C=CCNC(=O)/C(C#N)=C/c1c(C)nn(Cc2c(Cl)cccc2Cl)c1Cl. The number of nitriles is 1. The Balaban J connectivity index is 2.38. The van der Waals surface area contributed by atoms with E-state index in [0.717, 1.165) is 0 Å². The van der Waals surface area contributed by atoms with Crippen LogP contribution in [0.15, 0.2) is 36.4 Å². The Morgan fingerprint density at radius 1 is 1.38 bits per heavy atom. The van der Waals surface area contributed by atoms with E-state index in [-0.39, 0.29) is 23.8 Å². The lowest BCUT2D eigenvalue weighted by Crippen LogP contribution is -2.24. The predicted octanol–water partition coefficient (Wildman–Crippen LogP) is 4.41. The van der Waals surface area contributed by atoms with E-state index < -0.39 is 5.91 Å². The summed E-state index contributed by atoms with van der Waals surface area (Å²) in [6.07, 6.45) is 2.93. The molecule has 0 unspecified atom stereocenters. The van der Waals surface area contributed by atoms with Gasteiger partial charge in [-0.25, -0.2) is 4.68 Å². The van der Waals surface area contributed by atoms with Gasteiger partial charge in [0.25, 0.3) is 5.91 Å². The zero-order valence-electron chi connectivity index (χ0n) is 13.9. The van der Waals surface area contributed by atoms with E-state index in [9.17, 15) is 10.1 Å². The molecule has 0 bridgehead atoms. The largest absolute Gasteiger partial charge is 0.348 e. The summed E-state index contributed by atoms with van der Waals surface area (Å²) in [5, 5.41) is 17.4. The molecule has 0 aliphatic heterocycles. The lowest BCUT2D eigenvalue weighted by Gasteiger charge is -2.08. The normalized spacial score (nSPS) is 11.1. The van der Waals surface area contributed by atoms with Gasteiger partial charge in [-0.05, 0) is 25.1 Å². The Morgan fingerprint density at radius 3 is 2.62 bits per heavy atom. The van der Waals surface area contributed by atoms with Gasteiger partial charge in [-0.1, -0.05) is 46.9 Å². The molecule has 8 heteroatoms. The number of rotatable bonds is 6. The van der Waals surface area contributed by atoms with Crippen LogP contribution in [0.2, 0.25) is 15.2 Å². The van der Waals surface area contributed by atoms with Crippen molar-refractivity contribution in [1.82, 2.24) is 15.1 Å². The van der Waals surface area contributed by atoms with Crippen LogP contribution in [-0.2, 0) is 11.3 Å². The van der Waals surface area contributed by atoms with Gasteiger partial charge in [-0.3, -0.25) is 4.79 Å². The molecule has 2 aromatic rings. The van der Waals surface area contributed by atoms with Crippen molar-refractivity contribution in [3.8, 4) is 6.07 Å². The first kappa shape index (κ1) is 20.1. The number of benzene rings is 1. The number of amides is 1. The van der Waals surface area contributed by atoms with Crippen molar-refractivity contribution in [3.05, 3.63) is 68.4 Å². The van der Waals surface area contributed by atoms with Gasteiger partial charge in [0.15, 0.2) is 0 Å². The Morgan fingerprint density at radius 2 is 2.04 bits per heavy atom. The van der Waals surface area contributed by atoms with E-state index in [0.29, 0.717) is 26.9 Å². The molecule has 1 aromatic carbocycles. The molecule has 0 aliphatic carbocycles. The fourth-order valence-corrected chi connectivity index (χ4v) is 3.03. The first-order valence-electron chi connectivity index (χ1n) is 7.55. The maximum Gasteiger partial charge on any atom is 0.262 e. The van der Waals surface area contributed by atoms with Gasteiger partial charge < -0.3 is 5.32 Å². The van der Waals surface area contributed by atoms with Crippen LogP contribution in [0.3, 0.4) is 0 Å². The number of aryl methyl sites for hydroxylation is 1. The molecule has 0 saturated heterocycles. The highest BCUT2D eigenvalue weighted by molar-refractivity contribution is 6.36. The Hall–Kier alpha value is -2.26. The zero-order valence-corrected chi connectivity index (χ0v) is 16.2. The molecule has 0 spiro atoms. The molecule has 1 amide bonds. The van der Waals surface area contributed by atoms with Gasteiger partial charge in [0.05, 0.1) is 12.2 Å². The van der Waals surface area contributed by atoms with Gasteiger partial charge in [-0.2, -0.15) is 10.4 Å². The standard InChI is InChI=1S/C18H15Cl3N4O/c1-3-7-23-18(26)12(9-22)8-13-11(2)24-25(17(13)21)10-14-15(19)5-4-6-16(14)20/h3-6,8H,1,7,10H2,2H3,(H,23,26)/b12-8+. The van der Waals surface area contributed by atoms with Crippen LogP contribution in [0.1, 0.15) is 16.8 Å². The lowest BCUT2D eigenvalue weighted by molar-refractivity contribution is -0.116. The summed E-state index contributed by atoms with van der Waals surface area (Å²) < 4.78 is 1.52. The molecule has 1 aromatic heterocycles. The summed E-state index contributed by atoms with van der Waals surface area (Å²) in [4.78, 5) is 12.0. The van der Waals surface area contributed by atoms with E-state index in [1.54, 1.807) is 25.1 Å². The summed E-state index contributed by atoms with van der Waals surface area (Å²) in [5.74, 6) is -0.509. The highest BCUT2D eigenvalue weighted by Gasteiger charge is 2.17. The molecular weight excluding hydrogens is 395 g/mol. The molecule has 1 heterocycles. The highest BCUT2D eigenvalue weighted by Crippen LogP contribution is 2.28. The second-order valence-corrected chi connectivity index (χ2v) is 6.49. The minimum absolute atomic E-state index is 0.0767. The molecule has 0 radical (unpaired) electrons. The molecule has 2 rings (SSSR count). The smallest absolute Gasteiger partial charge is 0.262 e. The average Bonchev–Trinajstić information content (AvgIpc) is 2.87. The highest BCUT2D eigenvalue weighted by atomic mass is 35.5. The van der Waals surface area contributed by atoms with E-state index in [2.05, 4.69) is 17.0 Å². The number of nitrogens with zero attached hydrogens (tertiary/aromatic N) is 3. The first-order valence-corrected chi connectivity index (χ1v) is 8.69. The van der Waals surface area contributed by atoms with Crippen molar-refractivity contribution in [2.24, 2.45) is 0 Å². The van der Waals surface area contributed by atoms with Gasteiger partial charge in [0.2, 0.25) is 0 Å². The van der Waals surface area contributed by atoms with E-state index >= 15 is 0 Å². The van der Waals surface area contributed by atoms with Gasteiger partial charge >= 0.3 is 0 Å². The van der Waals surface area contributed by atoms with Crippen LogP contribution in [0.5, 0.6) is 0 Å². The molecule has 1 N–H and O–H groups in total. The van der Waals surface area contributed by atoms with Crippen molar-refractivity contribution in [3.63, 3.8) is 0 Å². The van der Waals surface area contributed by atoms with Crippen molar-refractivity contribution >= 4 is 46.8 Å². The predicted molar refractivity (Wildman–Crippen MR) is 104 cm³/mol. The third-order valence-electron chi connectivity index (χ3n) is 3.54. The van der Waals surface area contributed by atoms with Crippen molar-refractivity contribution in [1.29, 1.82) is 5.26 Å². The quantitative estimate of drug-likeness (QED) is 0.436. The summed E-state index contributed by atoms with van der Waals surface area (Å²) in [5.41, 5.74) is 1.66. The second-order valence-electron chi connectivity index (χ2n) is 5.32. The number of carbonyl (C=O) groups excluding carboxylic acids is 1. The Bertz CT molecular complexity index is 905. The summed E-state index contributed by atoms with van der Waals surface area (Å²) in [7, 11) is 0. The summed E-state index contributed by atoms with van der Waals surface area (Å²) in [6.45, 7) is 5.77. The zero-order chi connectivity index (χ0) is 19.3. The topological polar surface area (TPSA) is 70.7 Å². The van der Waals surface area contributed by atoms with Crippen molar-refractivity contribution in [2.45, 2.75) is 13.5 Å². The molecule has 134 valence electrons. The molecule has 26 heavy (non-hydrogen) atoms. The minimum Gasteiger partial charge on any atom is -0.348 e. The Labute approximate surface area is 166 Å². The molecule has 0 atom stereocenters. The van der Waals surface area contributed by atoms with Crippen molar-refractivity contribution in [2.75, 3.05) is 6.54 Å². The van der Waals surface area contributed by atoms with Crippen LogP contribution in [-0.4, -0.2) is 22.2 Å².